The van der Waals surface area contributed by atoms with Crippen LogP contribution in [0, 0.1) is 0 Å². The molecule has 0 aliphatic rings. The highest BCUT2D eigenvalue weighted by Crippen LogP contribution is 2.03. The van der Waals surface area contributed by atoms with E-state index in [0.717, 1.165) is 6.42 Å². The molecule has 4 nitrogen and oxygen atoms in total. The monoisotopic (exact) mass is 236 g/mol. The van der Waals surface area contributed by atoms with Crippen LogP contribution < -0.4 is 0 Å². The van der Waals surface area contributed by atoms with Crippen LogP contribution in [0.15, 0.2) is 30.3 Å². The van der Waals surface area contributed by atoms with E-state index in [2.05, 4.69) is 0 Å². The summed E-state index contributed by atoms with van der Waals surface area (Å²) in [5.41, 5.74) is 1.20. The third kappa shape index (κ3) is 4.44. The molecular weight excluding hydrogens is 216 g/mol. The van der Waals surface area contributed by atoms with E-state index in [9.17, 15) is 4.79 Å². The Hall–Kier alpha value is -1.55. The highest BCUT2D eigenvalue weighted by molar-refractivity contribution is 5.73. The normalized spacial score (nSPS) is 10.1. The van der Waals surface area contributed by atoms with Gasteiger partial charge in [0.25, 0.3) is 0 Å². The summed E-state index contributed by atoms with van der Waals surface area (Å²) in [6, 6.07) is 9.96. The number of carbonyl (C=O) groups excluding carboxylic acids is 1. The fourth-order valence-electron chi connectivity index (χ4n) is 1.62. The molecule has 1 N–H and O–H groups in total. The number of carbonyl (C=O) groups is 1. The van der Waals surface area contributed by atoms with Crippen LogP contribution in [0.3, 0.4) is 0 Å². The fraction of sp³-hybridized carbons (Fsp3) is 0.462. The first kappa shape index (κ1) is 13.5. The second-order valence-corrected chi connectivity index (χ2v) is 4.12. The van der Waals surface area contributed by atoms with Crippen LogP contribution in [0.1, 0.15) is 5.56 Å². The Bertz CT molecular complexity index is 339. The van der Waals surface area contributed by atoms with Gasteiger partial charge in [-0.25, -0.2) is 4.79 Å². The van der Waals surface area contributed by atoms with Crippen LogP contribution in [0.25, 0.3) is 0 Å². The van der Waals surface area contributed by atoms with Gasteiger partial charge in [-0.2, -0.15) is 0 Å². The third-order valence-electron chi connectivity index (χ3n) is 2.54. The Morgan fingerprint density at radius 3 is 2.35 bits per heavy atom. The lowest BCUT2D eigenvalue weighted by atomic mass is 10.1. The summed E-state index contributed by atoms with van der Waals surface area (Å²) < 4.78 is 0. The number of rotatable bonds is 5. The molecule has 1 aromatic carbocycles. The van der Waals surface area contributed by atoms with Crippen LogP contribution in [-0.4, -0.2) is 54.7 Å². The lowest BCUT2D eigenvalue weighted by Gasteiger charge is -2.25. The van der Waals surface area contributed by atoms with Crippen molar-refractivity contribution < 1.29 is 9.90 Å². The Morgan fingerprint density at radius 2 is 1.82 bits per heavy atom. The van der Waals surface area contributed by atoms with Gasteiger partial charge in [0, 0.05) is 27.2 Å². The molecule has 0 spiro atoms. The number of hydrogen-bond donors (Lipinski definition) is 1. The van der Waals surface area contributed by atoms with E-state index in [1.165, 1.54) is 10.5 Å². The van der Waals surface area contributed by atoms with E-state index in [1.54, 1.807) is 19.0 Å². The van der Waals surface area contributed by atoms with Gasteiger partial charge in [0.05, 0.1) is 6.61 Å². The van der Waals surface area contributed by atoms with Crippen molar-refractivity contribution in [2.45, 2.75) is 6.42 Å². The van der Waals surface area contributed by atoms with Gasteiger partial charge in [0.15, 0.2) is 0 Å². The maximum absolute atomic E-state index is 11.8. The van der Waals surface area contributed by atoms with E-state index >= 15 is 0 Å². The van der Waals surface area contributed by atoms with Crippen molar-refractivity contribution in [3.63, 3.8) is 0 Å². The van der Waals surface area contributed by atoms with Crippen molar-refractivity contribution in [2.24, 2.45) is 0 Å². The van der Waals surface area contributed by atoms with Gasteiger partial charge in [-0.05, 0) is 12.0 Å². The minimum absolute atomic E-state index is 0.00559. The van der Waals surface area contributed by atoms with Crippen molar-refractivity contribution in [1.82, 2.24) is 9.80 Å². The predicted molar refractivity (Wildman–Crippen MR) is 67.9 cm³/mol. The molecule has 0 radical (unpaired) electrons. The summed E-state index contributed by atoms with van der Waals surface area (Å²) in [5.74, 6) is 0. The standard InChI is InChI=1S/C13H20N2O2/c1-14(2)13(17)15(10-11-16)9-8-12-6-4-3-5-7-12/h3-7,16H,8-11H2,1-2H3. The second-order valence-electron chi connectivity index (χ2n) is 4.12. The van der Waals surface area contributed by atoms with Crippen LogP contribution in [-0.2, 0) is 6.42 Å². The SMILES string of the molecule is CN(C)C(=O)N(CCO)CCc1ccccc1. The summed E-state index contributed by atoms with van der Waals surface area (Å²) in [6.07, 6.45) is 0.806. The first-order chi connectivity index (χ1) is 8.15. The van der Waals surface area contributed by atoms with Crippen LogP contribution in [0.2, 0.25) is 0 Å². The molecule has 0 atom stereocenters. The molecular formula is C13H20N2O2. The molecule has 0 fully saturated rings. The van der Waals surface area contributed by atoms with Gasteiger partial charge >= 0.3 is 6.03 Å². The van der Waals surface area contributed by atoms with Gasteiger partial charge in [0.1, 0.15) is 0 Å². The molecule has 0 aliphatic carbocycles. The number of benzene rings is 1. The van der Waals surface area contributed by atoms with Gasteiger partial charge in [0.2, 0.25) is 0 Å². The van der Waals surface area contributed by atoms with Crippen molar-refractivity contribution in [3.8, 4) is 0 Å². The van der Waals surface area contributed by atoms with Crippen LogP contribution >= 0.6 is 0 Å². The van der Waals surface area contributed by atoms with E-state index in [0.29, 0.717) is 13.1 Å². The molecule has 2 amide bonds. The molecule has 0 saturated heterocycles. The number of urea groups is 1. The number of nitrogens with zero attached hydrogens (tertiary/aromatic N) is 2. The largest absolute Gasteiger partial charge is 0.395 e. The molecule has 17 heavy (non-hydrogen) atoms. The van der Waals surface area contributed by atoms with Crippen LogP contribution in [0.4, 0.5) is 4.79 Å². The van der Waals surface area contributed by atoms with Gasteiger partial charge in [-0.15, -0.1) is 0 Å². The summed E-state index contributed by atoms with van der Waals surface area (Å²) >= 11 is 0. The Labute approximate surface area is 102 Å². The summed E-state index contributed by atoms with van der Waals surface area (Å²) in [6.45, 7) is 1.000. The minimum atomic E-state index is -0.0602. The smallest absolute Gasteiger partial charge is 0.319 e. The second kappa shape index (κ2) is 6.91. The van der Waals surface area contributed by atoms with E-state index in [1.807, 2.05) is 30.3 Å². The highest BCUT2D eigenvalue weighted by Gasteiger charge is 2.14. The summed E-state index contributed by atoms with van der Waals surface area (Å²) in [5, 5.41) is 8.95. The molecule has 0 unspecified atom stereocenters. The molecule has 1 rings (SSSR count). The summed E-state index contributed by atoms with van der Waals surface area (Å²) in [4.78, 5) is 15.0. The number of aliphatic hydroxyl groups excluding tert-OH is 1. The quantitative estimate of drug-likeness (QED) is 0.835. The molecule has 4 heteroatoms. The Morgan fingerprint density at radius 1 is 1.18 bits per heavy atom. The first-order valence-electron chi connectivity index (χ1n) is 5.76. The van der Waals surface area contributed by atoms with Gasteiger partial charge in [-0.3, -0.25) is 0 Å². The maximum atomic E-state index is 11.8. The average Bonchev–Trinajstić information content (AvgIpc) is 2.34. The number of hydrogen-bond acceptors (Lipinski definition) is 2. The molecule has 1 aromatic rings. The zero-order valence-electron chi connectivity index (χ0n) is 10.5. The average molecular weight is 236 g/mol. The van der Waals surface area contributed by atoms with Crippen molar-refractivity contribution in [1.29, 1.82) is 0 Å². The Balaban J connectivity index is 2.53. The lowest BCUT2D eigenvalue weighted by Crippen LogP contribution is -2.41. The Kier molecular flexibility index (Phi) is 5.49. The number of aliphatic hydroxyl groups is 1. The first-order valence-corrected chi connectivity index (χ1v) is 5.76. The van der Waals surface area contributed by atoms with Gasteiger partial charge in [-0.1, -0.05) is 30.3 Å². The molecule has 0 saturated carbocycles. The fourth-order valence-corrected chi connectivity index (χ4v) is 1.62. The van der Waals surface area contributed by atoms with Crippen molar-refractivity contribution in [3.05, 3.63) is 35.9 Å². The zero-order valence-corrected chi connectivity index (χ0v) is 10.5. The predicted octanol–water partition coefficient (Wildman–Crippen LogP) is 1.20. The highest BCUT2D eigenvalue weighted by atomic mass is 16.3. The van der Waals surface area contributed by atoms with E-state index < -0.39 is 0 Å². The molecule has 0 aromatic heterocycles. The molecule has 0 heterocycles. The van der Waals surface area contributed by atoms with E-state index in [4.69, 9.17) is 5.11 Å². The van der Waals surface area contributed by atoms with Crippen LogP contribution in [0.5, 0.6) is 0 Å². The molecule has 94 valence electrons. The zero-order chi connectivity index (χ0) is 12.7. The topological polar surface area (TPSA) is 43.8 Å². The minimum Gasteiger partial charge on any atom is -0.395 e. The lowest BCUT2D eigenvalue weighted by molar-refractivity contribution is 0.155. The van der Waals surface area contributed by atoms with Gasteiger partial charge < -0.3 is 14.9 Å². The van der Waals surface area contributed by atoms with Crippen molar-refractivity contribution in [2.75, 3.05) is 33.8 Å². The maximum Gasteiger partial charge on any atom is 0.319 e. The van der Waals surface area contributed by atoms with E-state index in [-0.39, 0.29) is 12.6 Å². The third-order valence-corrected chi connectivity index (χ3v) is 2.54. The molecule has 0 aliphatic heterocycles. The summed E-state index contributed by atoms with van der Waals surface area (Å²) in [7, 11) is 3.43. The van der Waals surface area contributed by atoms with Crippen molar-refractivity contribution >= 4 is 6.03 Å². The molecule has 0 bridgehead atoms. The number of amides is 2.